The van der Waals surface area contributed by atoms with Gasteiger partial charge in [-0.25, -0.2) is 8.42 Å². The summed E-state index contributed by atoms with van der Waals surface area (Å²) in [6.45, 7) is 2.18. The molecule has 2 aromatic carbocycles. The first-order valence-corrected chi connectivity index (χ1v) is 12.0. The first kappa shape index (κ1) is 20.5. The van der Waals surface area contributed by atoms with E-state index in [-0.39, 0.29) is 5.75 Å². The predicted octanol–water partition coefficient (Wildman–Crippen LogP) is 3.96. The van der Waals surface area contributed by atoms with Gasteiger partial charge >= 0.3 is 0 Å². The molecule has 0 aliphatic heterocycles. The molecular weight excluding hydrogens is 392 g/mol. The fourth-order valence-corrected chi connectivity index (χ4v) is 5.12. The van der Waals surface area contributed by atoms with Gasteiger partial charge in [0.15, 0.2) is 9.84 Å². The summed E-state index contributed by atoms with van der Waals surface area (Å²) in [5, 5.41) is 12.6. The van der Waals surface area contributed by atoms with Gasteiger partial charge in [-0.2, -0.15) is 4.68 Å². The number of tetrazole rings is 1. The lowest BCUT2D eigenvalue weighted by atomic mass is 10.1. The number of benzene rings is 2. The highest BCUT2D eigenvalue weighted by Gasteiger charge is 2.14. The lowest BCUT2D eigenvalue weighted by molar-refractivity contribution is 0.595. The standard InChI is InChI=1S/C20H24N4O2S2/c1-2-3-8-17-11-13-18(14-12-17)24-20(21-22-23-24)27-15-7-16-28(25,26)19-9-5-4-6-10-19/h4-6,9-14H,2-3,7-8,15-16H2,1H3. The van der Waals surface area contributed by atoms with Gasteiger partial charge in [-0.1, -0.05) is 55.4 Å². The van der Waals surface area contributed by atoms with Gasteiger partial charge in [0.25, 0.3) is 0 Å². The topological polar surface area (TPSA) is 77.7 Å². The van der Waals surface area contributed by atoms with Crippen LogP contribution >= 0.6 is 11.8 Å². The maximum atomic E-state index is 12.3. The quantitative estimate of drug-likeness (QED) is 0.368. The number of sulfone groups is 1. The molecule has 0 N–H and O–H groups in total. The van der Waals surface area contributed by atoms with Crippen LogP contribution in [0.2, 0.25) is 0 Å². The first-order valence-electron chi connectivity index (χ1n) is 9.38. The summed E-state index contributed by atoms with van der Waals surface area (Å²) in [4.78, 5) is 0.369. The summed E-state index contributed by atoms with van der Waals surface area (Å²) in [5.41, 5.74) is 2.21. The second-order valence-corrected chi connectivity index (χ2v) is 9.65. The molecular formula is C20H24N4O2S2. The molecule has 0 amide bonds. The third-order valence-electron chi connectivity index (χ3n) is 4.33. The van der Waals surface area contributed by atoms with Crippen LogP contribution in [0.1, 0.15) is 31.7 Å². The molecule has 28 heavy (non-hydrogen) atoms. The highest BCUT2D eigenvalue weighted by atomic mass is 32.2. The third kappa shape index (κ3) is 5.42. The van der Waals surface area contributed by atoms with E-state index in [9.17, 15) is 8.42 Å². The van der Waals surface area contributed by atoms with Gasteiger partial charge in [-0.3, -0.25) is 0 Å². The molecule has 0 bridgehead atoms. The number of aryl methyl sites for hydroxylation is 1. The van der Waals surface area contributed by atoms with E-state index in [1.165, 1.54) is 30.2 Å². The van der Waals surface area contributed by atoms with Gasteiger partial charge in [0.1, 0.15) is 0 Å². The average molecular weight is 417 g/mol. The van der Waals surface area contributed by atoms with Crippen molar-refractivity contribution in [1.29, 1.82) is 0 Å². The molecule has 0 atom stereocenters. The van der Waals surface area contributed by atoms with Crippen molar-refractivity contribution >= 4 is 21.6 Å². The van der Waals surface area contributed by atoms with Gasteiger partial charge in [0.05, 0.1) is 16.3 Å². The SMILES string of the molecule is CCCCc1ccc(-n2nnnc2SCCCS(=O)(=O)c2ccccc2)cc1. The monoisotopic (exact) mass is 416 g/mol. The third-order valence-corrected chi connectivity index (χ3v) is 7.15. The molecule has 0 aliphatic rings. The van der Waals surface area contributed by atoms with E-state index in [0.717, 1.165) is 12.1 Å². The molecule has 0 fully saturated rings. The number of aromatic nitrogens is 4. The van der Waals surface area contributed by atoms with E-state index in [2.05, 4.69) is 34.6 Å². The molecule has 1 aromatic heterocycles. The van der Waals surface area contributed by atoms with E-state index in [4.69, 9.17) is 0 Å². The molecule has 0 spiro atoms. The Hall–Kier alpha value is -2.19. The Morgan fingerprint density at radius 3 is 2.46 bits per heavy atom. The van der Waals surface area contributed by atoms with Crippen LogP contribution in [-0.2, 0) is 16.3 Å². The maximum Gasteiger partial charge on any atom is 0.214 e. The average Bonchev–Trinajstić information content (AvgIpc) is 3.19. The van der Waals surface area contributed by atoms with E-state index < -0.39 is 9.84 Å². The molecule has 0 aliphatic carbocycles. The van der Waals surface area contributed by atoms with E-state index in [0.29, 0.717) is 22.2 Å². The molecule has 8 heteroatoms. The van der Waals surface area contributed by atoms with E-state index >= 15 is 0 Å². The Morgan fingerprint density at radius 2 is 1.75 bits per heavy atom. The van der Waals surface area contributed by atoms with Gasteiger partial charge < -0.3 is 0 Å². The zero-order chi connectivity index (χ0) is 19.8. The number of rotatable bonds is 10. The number of unbranched alkanes of at least 4 members (excludes halogenated alkanes) is 1. The largest absolute Gasteiger partial charge is 0.224 e. The van der Waals surface area contributed by atoms with Crippen LogP contribution in [-0.4, -0.2) is 40.1 Å². The second-order valence-electron chi connectivity index (χ2n) is 6.48. The Balaban J connectivity index is 1.56. The minimum absolute atomic E-state index is 0.109. The van der Waals surface area contributed by atoms with Crippen LogP contribution in [0.3, 0.4) is 0 Å². The van der Waals surface area contributed by atoms with Crippen molar-refractivity contribution in [1.82, 2.24) is 20.2 Å². The maximum absolute atomic E-state index is 12.3. The van der Waals surface area contributed by atoms with Crippen molar-refractivity contribution in [2.24, 2.45) is 0 Å². The predicted molar refractivity (Wildman–Crippen MR) is 112 cm³/mol. The zero-order valence-electron chi connectivity index (χ0n) is 15.9. The number of hydrogen-bond donors (Lipinski definition) is 0. The number of nitrogens with zero attached hydrogens (tertiary/aromatic N) is 4. The lowest BCUT2D eigenvalue weighted by Gasteiger charge is -2.06. The molecule has 1 heterocycles. The summed E-state index contributed by atoms with van der Waals surface area (Å²) in [6, 6.07) is 16.8. The summed E-state index contributed by atoms with van der Waals surface area (Å²) in [6.07, 6.45) is 3.96. The van der Waals surface area contributed by atoms with Crippen molar-refractivity contribution in [2.45, 2.75) is 42.7 Å². The minimum atomic E-state index is -3.25. The summed E-state index contributed by atoms with van der Waals surface area (Å²) >= 11 is 1.46. The van der Waals surface area contributed by atoms with Crippen LogP contribution in [0.25, 0.3) is 5.69 Å². The molecule has 3 rings (SSSR count). The smallest absolute Gasteiger partial charge is 0.214 e. The summed E-state index contributed by atoms with van der Waals surface area (Å²) in [7, 11) is -3.25. The van der Waals surface area contributed by atoms with E-state index in [1.807, 2.05) is 18.2 Å². The normalized spacial score (nSPS) is 11.6. The van der Waals surface area contributed by atoms with Crippen molar-refractivity contribution in [3.8, 4) is 5.69 Å². The molecule has 0 saturated heterocycles. The fraction of sp³-hybridized carbons (Fsp3) is 0.350. The zero-order valence-corrected chi connectivity index (χ0v) is 17.5. The van der Waals surface area contributed by atoms with Crippen LogP contribution in [0.4, 0.5) is 0 Å². The molecule has 6 nitrogen and oxygen atoms in total. The molecule has 3 aromatic rings. The Labute approximate surface area is 170 Å². The van der Waals surface area contributed by atoms with Crippen LogP contribution in [0.5, 0.6) is 0 Å². The molecule has 0 radical (unpaired) electrons. The highest BCUT2D eigenvalue weighted by Crippen LogP contribution is 2.21. The van der Waals surface area contributed by atoms with Crippen molar-refractivity contribution < 1.29 is 8.42 Å². The Kier molecular flexibility index (Phi) is 7.22. The van der Waals surface area contributed by atoms with Gasteiger partial charge in [-0.05, 0) is 59.5 Å². The highest BCUT2D eigenvalue weighted by molar-refractivity contribution is 7.99. The van der Waals surface area contributed by atoms with Crippen molar-refractivity contribution in [3.63, 3.8) is 0 Å². The lowest BCUT2D eigenvalue weighted by Crippen LogP contribution is -2.07. The summed E-state index contributed by atoms with van der Waals surface area (Å²) in [5.74, 6) is 0.735. The van der Waals surface area contributed by atoms with Crippen LogP contribution in [0, 0.1) is 0 Å². The Morgan fingerprint density at radius 1 is 1.00 bits per heavy atom. The Bertz CT molecular complexity index is 971. The van der Waals surface area contributed by atoms with E-state index in [1.54, 1.807) is 28.9 Å². The van der Waals surface area contributed by atoms with Crippen molar-refractivity contribution in [3.05, 3.63) is 60.2 Å². The fourth-order valence-electron chi connectivity index (χ4n) is 2.77. The summed E-state index contributed by atoms with van der Waals surface area (Å²) < 4.78 is 26.4. The number of thioether (sulfide) groups is 1. The van der Waals surface area contributed by atoms with Crippen LogP contribution in [0.15, 0.2) is 64.6 Å². The molecule has 0 saturated carbocycles. The minimum Gasteiger partial charge on any atom is -0.224 e. The second kappa shape index (κ2) is 9.84. The van der Waals surface area contributed by atoms with Gasteiger partial charge in [-0.15, -0.1) is 5.10 Å². The molecule has 148 valence electrons. The van der Waals surface area contributed by atoms with Gasteiger partial charge in [0.2, 0.25) is 5.16 Å². The number of hydrogen-bond acceptors (Lipinski definition) is 6. The van der Waals surface area contributed by atoms with Gasteiger partial charge in [0, 0.05) is 5.75 Å². The molecule has 0 unspecified atom stereocenters. The van der Waals surface area contributed by atoms with Crippen molar-refractivity contribution in [2.75, 3.05) is 11.5 Å². The first-order chi connectivity index (χ1) is 13.6. The van der Waals surface area contributed by atoms with Crippen LogP contribution < -0.4 is 0 Å².